The van der Waals surface area contributed by atoms with E-state index in [9.17, 15) is 9.18 Å². The van der Waals surface area contributed by atoms with Crippen LogP contribution in [0.5, 0.6) is 5.75 Å². The standard InChI is InChI=1S/C23H22Cl2FN5O2/c1-31-11-3-4-13(31)5-10-18(32)29-17-9-8-15-19(22(17)33-2)23(28-12-27-15)30-16-7-6-14(24)20(25)21(16)26/h5-10,12-13H,3-4,11H2,1-2H3,(H,29,32)(H,27,28,30). The number of halogens is 3. The lowest BCUT2D eigenvalue weighted by Crippen LogP contribution is -2.23. The van der Waals surface area contributed by atoms with Gasteiger partial charge in [0.1, 0.15) is 12.1 Å². The lowest BCUT2D eigenvalue weighted by Gasteiger charge is -2.16. The molecule has 1 aromatic heterocycles. The molecule has 1 amide bonds. The molecule has 2 aromatic carbocycles. The lowest BCUT2D eigenvalue weighted by atomic mass is 10.1. The summed E-state index contributed by atoms with van der Waals surface area (Å²) in [4.78, 5) is 23.3. The molecule has 0 bridgehead atoms. The number of methoxy groups -OCH3 is 1. The molecular weight excluding hydrogens is 468 g/mol. The Hall–Kier alpha value is -2.94. The van der Waals surface area contributed by atoms with Crippen molar-refractivity contribution in [2.75, 3.05) is 31.3 Å². The summed E-state index contributed by atoms with van der Waals surface area (Å²) in [5.41, 5.74) is 1.07. The Kier molecular flexibility index (Phi) is 6.97. The van der Waals surface area contributed by atoms with Crippen molar-refractivity contribution >= 4 is 57.2 Å². The van der Waals surface area contributed by atoms with Gasteiger partial charge in [0.05, 0.1) is 39.4 Å². The molecule has 33 heavy (non-hydrogen) atoms. The predicted molar refractivity (Wildman–Crippen MR) is 129 cm³/mol. The molecule has 1 atom stereocenters. The van der Waals surface area contributed by atoms with Gasteiger partial charge in [0.25, 0.3) is 0 Å². The first-order valence-corrected chi connectivity index (χ1v) is 11.1. The van der Waals surface area contributed by atoms with Crippen molar-refractivity contribution in [3.8, 4) is 5.75 Å². The summed E-state index contributed by atoms with van der Waals surface area (Å²) >= 11 is 11.8. The fraction of sp³-hybridized carbons (Fsp3) is 0.261. The molecule has 1 saturated heterocycles. The van der Waals surface area contributed by atoms with E-state index in [1.54, 1.807) is 12.1 Å². The van der Waals surface area contributed by atoms with E-state index in [-0.39, 0.29) is 33.5 Å². The maximum atomic E-state index is 14.6. The minimum absolute atomic E-state index is 0.0875. The summed E-state index contributed by atoms with van der Waals surface area (Å²) in [7, 11) is 3.52. The SMILES string of the molecule is COc1c(NC(=O)C=CC2CCCN2C)ccc2ncnc(Nc3ccc(Cl)c(Cl)c3F)c12. The molecule has 172 valence electrons. The summed E-state index contributed by atoms with van der Waals surface area (Å²) in [6, 6.07) is 6.61. The van der Waals surface area contributed by atoms with Crippen LogP contribution in [0.15, 0.2) is 42.7 Å². The first kappa shape index (κ1) is 23.2. The van der Waals surface area contributed by atoms with Gasteiger partial charge in [-0.2, -0.15) is 0 Å². The molecule has 10 heteroatoms. The van der Waals surface area contributed by atoms with Gasteiger partial charge in [-0.25, -0.2) is 14.4 Å². The molecule has 1 aliphatic heterocycles. The van der Waals surface area contributed by atoms with Gasteiger partial charge in [-0.1, -0.05) is 29.3 Å². The fourth-order valence-electron chi connectivity index (χ4n) is 3.83. The predicted octanol–water partition coefficient (Wildman–Crippen LogP) is 5.42. The van der Waals surface area contributed by atoms with Crippen LogP contribution in [0.1, 0.15) is 12.8 Å². The van der Waals surface area contributed by atoms with Gasteiger partial charge in [-0.05, 0) is 50.7 Å². The number of fused-ring (bicyclic) bond motifs is 1. The normalized spacial score (nSPS) is 16.5. The molecule has 2 heterocycles. The Labute approximate surface area is 200 Å². The summed E-state index contributed by atoms with van der Waals surface area (Å²) in [5.74, 6) is -0.361. The second-order valence-corrected chi connectivity index (χ2v) is 8.43. The highest BCUT2D eigenvalue weighted by atomic mass is 35.5. The maximum Gasteiger partial charge on any atom is 0.248 e. The zero-order chi connectivity index (χ0) is 23.5. The fourth-order valence-corrected chi connectivity index (χ4v) is 4.14. The maximum absolute atomic E-state index is 14.6. The Morgan fingerprint density at radius 1 is 1.24 bits per heavy atom. The van der Waals surface area contributed by atoms with E-state index in [0.29, 0.717) is 22.3 Å². The number of anilines is 3. The molecule has 2 N–H and O–H groups in total. The summed E-state index contributed by atoms with van der Waals surface area (Å²) in [6.07, 6.45) is 6.91. The van der Waals surface area contributed by atoms with Crippen molar-refractivity contribution in [1.29, 1.82) is 0 Å². The molecule has 0 saturated carbocycles. The minimum atomic E-state index is -0.707. The summed E-state index contributed by atoms with van der Waals surface area (Å²) in [6.45, 7) is 1.02. The zero-order valence-electron chi connectivity index (χ0n) is 18.0. The van der Waals surface area contributed by atoms with Crippen LogP contribution < -0.4 is 15.4 Å². The quantitative estimate of drug-likeness (QED) is 0.355. The largest absolute Gasteiger partial charge is 0.494 e. The molecule has 1 fully saturated rings. The molecule has 4 rings (SSSR count). The number of likely N-dealkylation sites (N-methyl/N-ethyl adjacent to an activating group) is 1. The highest BCUT2D eigenvalue weighted by Crippen LogP contribution is 2.39. The van der Waals surface area contributed by atoms with Crippen molar-refractivity contribution < 1.29 is 13.9 Å². The van der Waals surface area contributed by atoms with Crippen LogP contribution in [0.4, 0.5) is 21.6 Å². The molecule has 0 spiro atoms. The monoisotopic (exact) mass is 489 g/mol. The Morgan fingerprint density at radius 3 is 2.76 bits per heavy atom. The van der Waals surface area contributed by atoms with Crippen molar-refractivity contribution in [2.24, 2.45) is 0 Å². The van der Waals surface area contributed by atoms with Crippen molar-refractivity contribution in [1.82, 2.24) is 14.9 Å². The topological polar surface area (TPSA) is 79.4 Å². The number of ether oxygens (including phenoxy) is 1. The van der Waals surface area contributed by atoms with E-state index in [0.717, 1.165) is 19.4 Å². The lowest BCUT2D eigenvalue weighted by molar-refractivity contribution is -0.111. The molecular formula is C23H22Cl2FN5O2. The minimum Gasteiger partial charge on any atom is -0.494 e. The molecule has 1 unspecified atom stereocenters. The van der Waals surface area contributed by atoms with Gasteiger partial charge >= 0.3 is 0 Å². The van der Waals surface area contributed by atoms with Crippen molar-refractivity contribution in [3.63, 3.8) is 0 Å². The van der Waals surface area contributed by atoms with E-state index in [4.69, 9.17) is 27.9 Å². The van der Waals surface area contributed by atoms with Crippen LogP contribution in [0.3, 0.4) is 0 Å². The van der Waals surface area contributed by atoms with Gasteiger partial charge in [0.15, 0.2) is 11.6 Å². The molecule has 0 radical (unpaired) electrons. The molecule has 0 aliphatic carbocycles. The summed E-state index contributed by atoms with van der Waals surface area (Å²) in [5, 5.41) is 6.15. The first-order chi connectivity index (χ1) is 15.9. The highest BCUT2D eigenvalue weighted by Gasteiger charge is 2.20. The number of rotatable bonds is 6. The number of likely N-dealkylation sites (tertiary alicyclic amines) is 1. The van der Waals surface area contributed by atoms with Crippen LogP contribution in [0.2, 0.25) is 10.0 Å². The van der Waals surface area contributed by atoms with Crippen molar-refractivity contribution in [3.05, 3.63) is 58.6 Å². The number of amides is 1. The van der Waals surface area contributed by atoms with Crippen LogP contribution in [0.25, 0.3) is 10.9 Å². The third-order valence-corrected chi connectivity index (χ3v) is 6.33. The van der Waals surface area contributed by atoms with Gasteiger partial charge in [0, 0.05) is 12.1 Å². The molecule has 3 aromatic rings. The van der Waals surface area contributed by atoms with E-state index in [1.165, 1.54) is 31.6 Å². The molecule has 1 aliphatic rings. The second kappa shape index (κ2) is 9.91. The van der Waals surface area contributed by atoms with Gasteiger partial charge in [-0.15, -0.1) is 0 Å². The van der Waals surface area contributed by atoms with Crippen LogP contribution in [-0.2, 0) is 4.79 Å². The average Bonchev–Trinajstić information content (AvgIpc) is 3.22. The Morgan fingerprint density at radius 2 is 2.03 bits per heavy atom. The number of hydrogen-bond donors (Lipinski definition) is 2. The zero-order valence-corrected chi connectivity index (χ0v) is 19.5. The third kappa shape index (κ3) is 4.88. The van der Waals surface area contributed by atoms with E-state index in [1.807, 2.05) is 13.1 Å². The number of carbonyl (C=O) groups excluding carboxylic acids is 1. The number of benzene rings is 2. The number of nitrogens with one attached hydrogen (secondary N) is 2. The molecule has 7 nitrogen and oxygen atoms in total. The first-order valence-electron chi connectivity index (χ1n) is 10.3. The number of hydrogen-bond acceptors (Lipinski definition) is 6. The van der Waals surface area contributed by atoms with Gasteiger partial charge in [0.2, 0.25) is 5.91 Å². The van der Waals surface area contributed by atoms with E-state index < -0.39 is 5.82 Å². The van der Waals surface area contributed by atoms with E-state index >= 15 is 0 Å². The summed E-state index contributed by atoms with van der Waals surface area (Å²) < 4.78 is 20.2. The second-order valence-electron chi connectivity index (χ2n) is 7.65. The third-order valence-electron chi connectivity index (χ3n) is 5.55. The number of carbonyl (C=O) groups is 1. The van der Waals surface area contributed by atoms with Crippen LogP contribution in [0, 0.1) is 5.82 Å². The van der Waals surface area contributed by atoms with Crippen molar-refractivity contribution in [2.45, 2.75) is 18.9 Å². The number of aromatic nitrogens is 2. The average molecular weight is 490 g/mol. The smallest absolute Gasteiger partial charge is 0.248 e. The Bertz CT molecular complexity index is 1240. The highest BCUT2D eigenvalue weighted by molar-refractivity contribution is 6.42. The Balaban J connectivity index is 1.66. The van der Waals surface area contributed by atoms with Gasteiger partial charge < -0.3 is 15.4 Å². The van der Waals surface area contributed by atoms with E-state index in [2.05, 4.69) is 25.5 Å². The van der Waals surface area contributed by atoms with Gasteiger partial charge in [-0.3, -0.25) is 9.69 Å². The van der Waals surface area contributed by atoms with Crippen LogP contribution >= 0.6 is 23.2 Å². The number of nitrogens with zero attached hydrogens (tertiary/aromatic N) is 3. The van der Waals surface area contributed by atoms with Crippen LogP contribution in [-0.4, -0.2) is 47.5 Å².